The fourth-order valence-electron chi connectivity index (χ4n) is 1.13. The lowest BCUT2D eigenvalue weighted by molar-refractivity contribution is 0.223. The van der Waals surface area contributed by atoms with Crippen molar-refractivity contribution in [3.8, 4) is 0 Å². The molecular weight excluding hydrogens is 200 g/mol. The van der Waals surface area contributed by atoms with E-state index in [0.717, 1.165) is 0 Å². The van der Waals surface area contributed by atoms with Gasteiger partial charge in [-0.05, 0) is 5.92 Å². The second kappa shape index (κ2) is 3.41. The van der Waals surface area contributed by atoms with Crippen LogP contribution in [-0.2, 0) is 21.0 Å². The van der Waals surface area contributed by atoms with Gasteiger partial charge in [0, 0.05) is 18.8 Å². The van der Waals surface area contributed by atoms with E-state index in [0.29, 0.717) is 18.8 Å². The van der Waals surface area contributed by atoms with Crippen molar-refractivity contribution in [2.45, 2.75) is 0 Å². The summed E-state index contributed by atoms with van der Waals surface area (Å²) in [5, 5.41) is 5.06. The number of hydrogen-bond acceptors (Lipinski definition) is 3. The first-order chi connectivity index (χ1) is 5.39. The highest BCUT2D eigenvalue weighted by atomic mass is 32.2. The molecule has 1 saturated heterocycles. The molecule has 0 aromatic heterocycles. The van der Waals surface area contributed by atoms with Crippen molar-refractivity contribution in [3.63, 3.8) is 0 Å². The van der Waals surface area contributed by atoms with E-state index in [4.69, 9.17) is 5.14 Å². The largest absolute Gasteiger partial charge is 0.252 e. The molecule has 1 atom stereocenters. The Morgan fingerprint density at radius 3 is 2.42 bits per heavy atom. The van der Waals surface area contributed by atoms with Gasteiger partial charge < -0.3 is 0 Å². The van der Waals surface area contributed by atoms with Crippen LogP contribution in [0.5, 0.6) is 0 Å². The van der Waals surface area contributed by atoms with Gasteiger partial charge in [0.1, 0.15) is 0 Å². The molecule has 1 fully saturated rings. The highest BCUT2D eigenvalue weighted by Crippen LogP contribution is 2.18. The third kappa shape index (κ3) is 2.51. The molecule has 1 heterocycles. The first kappa shape index (κ1) is 10.1. The van der Waals surface area contributed by atoms with Crippen molar-refractivity contribution in [2.75, 3.05) is 25.1 Å². The molecule has 5 nitrogen and oxygen atoms in total. The Morgan fingerprint density at radius 1 is 1.58 bits per heavy atom. The third-order valence-corrected chi connectivity index (χ3v) is 3.83. The number of rotatable bonds is 3. The summed E-state index contributed by atoms with van der Waals surface area (Å²) >= 11 is 0. The Labute approximate surface area is 74.6 Å². The van der Waals surface area contributed by atoms with Gasteiger partial charge in [-0.25, -0.2) is 16.9 Å². The van der Waals surface area contributed by atoms with Crippen molar-refractivity contribution in [1.29, 1.82) is 0 Å². The minimum atomic E-state index is -3.04. The number of nitrogens with zero attached hydrogens (tertiary/aromatic N) is 1. The molecule has 72 valence electrons. The molecule has 2 N–H and O–H groups in total. The lowest BCUT2D eigenvalue weighted by atomic mass is 10.1. The van der Waals surface area contributed by atoms with Gasteiger partial charge in [-0.2, -0.15) is 0 Å². The van der Waals surface area contributed by atoms with Crippen molar-refractivity contribution >= 4 is 21.0 Å². The molecule has 0 amide bonds. The molecule has 0 aliphatic carbocycles. The molecule has 0 saturated carbocycles. The van der Waals surface area contributed by atoms with E-state index in [1.807, 2.05) is 0 Å². The van der Waals surface area contributed by atoms with Crippen LogP contribution in [0.2, 0.25) is 0 Å². The molecule has 0 bridgehead atoms. The highest BCUT2D eigenvalue weighted by molar-refractivity contribution is 7.88. The smallest absolute Gasteiger partial charge is 0.211 e. The maximum atomic E-state index is 10.9. The average Bonchev–Trinajstić information content (AvgIpc) is 1.73. The molecule has 7 heteroatoms. The number of sulfonamides is 1. The van der Waals surface area contributed by atoms with Crippen LogP contribution in [0.15, 0.2) is 0 Å². The van der Waals surface area contributed by atoms with Crippen LogP contribution in [-0.4, -0.2) is 42.0 Å². The zero-order chi connectivity index (χ0) is 9.35. The van der Waals surface area contributed by atoms with Crippen molar-refractivity contribution in [3.05, 3.63) is 0 Å². The Bertz CT molecular complexity index is 281. The molecule has 12 heavy (non-hydrogen) atoms. The molecular formula is C5H12N2O3S2. The van der Waals surface area contributed by atoms with Gasteiger partial charge in [0.05, 0.1) is 17.2 Å². The highest BCUT2D eigenvalue weighted by Gasteiger charge is 2.33. The van der Waals surface area contributed by atoms with Crippen molar-refractivity contribution in [2.24, 2.45) is 11.1 Å². The molecule has 0 aromatic carbocycles. The molecule has 1 aliphatic rings. The van der Waals surface area contributed by atoms with Gasteiger partial charge >= 0.3 is 0 Å². The Morgan fingerprint density at radius 2 is 2.08 bits per heavy atom. The summed E-state index contributed by atoms with van der Waals surface area (Å²) in [5.41, 5.74) is 0. The summed E-state index contributed by atoms with van der Waals surface area (Å²) in [4.78, 5) is 0. The number of hydrogen-bond donors (Lipinski definition) is 1. The lowest BCUT2D eigenvalue weighted by Gasteiger charge is -2.36. The fourth-order valence-corrected chi connectivity index (χ4v) is 2.77. The van der Waals surface area contributed by atoms with Crippen LogP contribution >= 0.6 is 0 Å². The predicted octanol–water partition coefficient (Wildman–Crippen LogP) is -1.50. The monoisotopic (exact) mass is 212 g/mol. The van der Waals surface area contributed by atoms with Gasteiger partial charge in [0.2, 0.25) is 10.0 Å². The van der Waals surface area contributed by atoms with Gasteiger partial charge in [-0.1, -0.05) is 0 Å². The zero-order valence-electron chi connectivity index (χ0n) is 6.76. The summed E-state index contributed by atoms with van der Waals surface area (Å²) in [7, 11) is -4.35. The van der Waals surface area contributed by atoms with Crippen LogP contribution in [0, 0.1) is 5.92 Å². The Balaban J connectivity index is 2.34. The Kier molecular flexibility index (Phi) is 2.87. The summed E-state index contributed by atoms with van der Waals surface area (Å²) in [5.74, 6) is 0.567. The summed E-state index contributed by atoms with van der Waals surface area (Å²) in [6.07, 6.45) is 1.17. The maximum Gasteiger partial charge on any atom is 0.211 e. The van der Waals surface area contributed by atoms with Crippen molar-refractivity contribution in [1.82, 2.24) is 4.31 Å². The van der Waals surface area contributed by atoms with E-state index in [2.05, 4.69) is 0 Å². The SMILES string of the molecule is CS(=O)(=O)N1CC(CS(N)=O)C1. The zero-order valence-corrected chi connectivity index (χ0v) is 8.40. The van der Waals surface area contributed by atoms with Crippen molar-refractivity contribution < 1.29 is 12.6 Å². The molecule has 0 radical (unpaired) electrons. The van der Waals surface area contributed by atoms with Gasteiger partial charge in [-0.3, -0.25) is 5.14 Å². The molecule has 1 rings (SSSR count). The summed E-state index contributed by atoms with van der Waals surface area (Å²) < 4.78 is 33.6. The van der Waals surface area contributed by atoms with Crippen LogP contribution in [0.4, 0.5) is 0 Å². The summed E-state index contributed by atoms with van der Waals surface area (Å²) in [6, 6.07) is 0. The maximum absolute atomic E-state index is 10.9. The van der Waals surface area contributed by atoms with E-state index in [1.54, 1.807) is 0 Å². The topological polar surface area (TPSA) is 80.5 Å². The first-order valence-corrected chi connectivity index (χ1v) is 6.70. The van der Waals surface area contributed by atoms with Gasteiger partial charge in [0.15, 0.2) is 0 Å². The quantitative estimate of drug-likeness (QED) is 0.618. The van der Waals surface area contributed by atoms with E-state index >= 15 is 0 Å². The summed E-state index contributed by atoms with van der Waals surface area (Å²) in [6.45, 7) is 0.920. The van der Waals surface area contributed by atoms with Gasteiger partial charge in [0.25, 0.3) is 0 Å². The second-order valence-electron chi connectivity index (χ2n) is 2.99. The van der Waals surface area contributed by atoms with Crippen LogP contribution in [0.25, 0.3) is 0 Å². The minimum absolute atomic E-state index is 0.172. The lowest BCUT2D eigenvalue weighted by Crippen LogP contribution is -2.51. The number of nitrogens with two attached hydrogens (primary N) is 1. The standard InChI is InChI=1S/C5H12N2O3S2/c1-12(9,10)7-2-5(3-7)4-11(6)8/h5H,2-4,6H2,1H3. The minimum Gasteiger partial charge on any atom is -0.252 e. The molecule has 0 aromatic rings. The normalized spacial score (nSPS) is 23.5. The third-order valence-electron chi connectivity index (χ3n) is 1.79. The van der Waals surface area contributed by atoms with E-state index < -0.39 is 21.0 Å². The van der Waals surface area contributed by atoms with Crippen LogP contribution in [0.1, 0.15) is 0 Å². The van der Waals surface area contributed by atoms with Crippen LogP contribution < -0.4 is 5.14 Å². The second-order valence-corrected chi connectivity index (χ2v) is 6.07. The fraction of sp³-hybridized carbons (Fsp3) is 1.00. The molecule has 1 unspecified atom stereocenters. The first-order valence-electron chi connectivity index (χ1n) is 3.47. The van der Waals surface area contributed by atoms with E-state index in [1.165, 1.54) is 10.6 Å². The van der Waals surface area contributed by atoms with Gasteiger partial charge in [-0.15, -0.1) is 0 Å². The molecule has 0 spiro atoms. The Hall–Kier alpha value is 0.0200. The van der Waals surface area contributed by atoms with Crippen LogP contribution in [0.3, 0.4) is 0 Å². The average molecular weight is 212 g/mol. The predicted molar refractivity (Wildman–Crippen MR) is 47.1 cm³/mol. The molecule has 1 aliphatic heterocycles. The van der Waals surface area contributed by atoms with E-state index in [-0.39, 0.29) is 5.92 Å². The van der Waals surface area contributed by atoms with E-state index in [9.17, 15) is 12.6 Å².